The molecular weight excluding hydrogens is 254 g/mol. The summed E-state index contributed by atoms with van der Waals surface area (Å²) in [7, 11) is 0. The third kappa shape index (κ3) is 5.41. The molecule has 0 heterocycles. The summed E-state index contributed by atoms with van der Waals surface area (Å²) in [6, 6.07) is 0. The summed E-state index contributed by atoms with van der Waals surface area (Å²) in [5.41, 5.74) is -0.823. The minimum atomic E-state index is -0.823. The molecule has 0 bridgehead atoms. The molecule has 1 saturated carbocycles. The van der Waals surface area contributed by atoms with Gasteiger partial charge in [0.15, 0.2) is 0 Å². The lowest BCUT2D eigenvalue weighted by molar-refractivity contribution is -0.144. The smallest absolute Gasteiger partial charge is 0.323 e. The van der Waals surface area contributed by atoms with Crippen LogP contribution >= 0.6 is 0 Å². The number of hydrogen-bond acceptors (Lipinski definition) is 3. The molecule has 3 atom stereocenters. The lowest BCUT2D eigenvalue weighted by Gasteiger charge is -2.29. The first-order valence-corrected chi connectivity index (χ1v) is 8.11. The molecule has 0 aromatic carbocycles. The van der Waals surface area contributed by atoms with Crippen molar-refractivity contribution < 1.29 is 14.6 Å². The molecule has 4 heteroatoms. The Morgan fingerprint density at radius 1 is 1.40 bits per heavy atom. The second-order valence-electron chi connectivity index (χ2n) is 6.20. The Labute approximate surface area is 123 Å². The number of carboxylic acids is 1. The van der Waals surface area contributed by atoms with Crippen LogP contribution in [-0.4, -0.2) is 35.9 Å². The van der Waals surface area contributed by atoms with Crippen LogP contribution in [0.3, 0.4) is 0 Å². The standard InChI is InChI=1S/C16H31NO3/c1-4-13-8-6-9-14(12-13)20-11-7-10-16(3,15(18)19)17-5-2/h13-14,17H,4-12H2,1-3H3,(H,18,19). The van der Waals surface area contributed by atoms with Crippen LogP contribution in [0.4, 0.5) is 0 Å². The molecule has 1 aliphatic rings. The van der Waals surface area contributed by atoms with Gasteiger partial charge in [0.2, 0.25) is 0 Å². The molecule has 3 unspecified atom stereocenters. The van der Waals surface area contributed by atoms with E-state index in [0.717, 1.165) is 12.3 Å². The maximum atomic E-state index is 11.3. The molecule has 4 nitrogen and oxygen atoms in total. The van der Waals surface area contributed by atoms with Crippen molar-refractivity contribution in [3.05, 3.63) is 0 Å². The lowest BCUT2D eigenvalue weighted by Crippen LogP contribution is -2.49. The van der Waals surface area contributed by atoms with Gasteiger partial charge in [0, 0.05) is 6.61 Å². The van der Waals surface area contributed by atoms with E-state index in [0.29, 0.717) is 25.7 Å². The fourth-order valence-electron chi connectivity index (χ4n) is 3.10. The molecule has 1 fully saturated rings. The number of hydrogen-bond donors (Lipinski definition) is 2. The van der Waals surface area contributed by atoms with Crippen LogP contribution in [0.2, 0.25) is 0 Å². The summed E-state index contributed by atoms with van der Waals surface area (Å²) in [4.78, 5) is 11.3. The molecule has 20 heavy (non-hydrogen) atoms. The van der Waals surface area contributed by atoms with Gasteiger partial charge in [0.25, 0.3) is 0 Å². The van der Waals surface area contributed by atoms with Gasteiger partial charge in [-0.2, -0.15) is 0 Å². The zero-order valence-electron chi connectivity index (χ0n) is 13.3. The fourth-order valence-corrected chi connectivity index (χ4v) is 3.10. The van der Waals surface area contributed by atoms with Crippen LogP contribution < -0.4 is 5.32 Å². The summed E-state index contributed by atoms with van der Waals surface area (Å²) in [5.74, 6) is 0.0443. The monoisotopic (exact) mass is 285 g/mol. The average Bonchev–Trinajstić information content (AvgIpc) is 2.44. The van der Waals surface area contributed by atoms with E-state index in [4.69, 9.17) is 4.74 Å². The molecule has 118 valence electrons. The average molecular weight is 285 g/mol. The Balaban J connectivity index is 2.24. The van der Waals surface area contributed by atoms with E-state index < -0.39 is 11.5 Å². The third-order valence-electron chi connectivity index (χ3n) is 4.53. The van der Waals surface area contributed by atoms with E-state index in [9.17, 15) is 9.90 Å². The Kier molecular flexibility index (Phi) is 7.52. The highest BCUT2D eigenvalue weighted by Gasteiger charge is 2.31. The van der Waals surface area contributed by atoms with E-state index in [-0.39, 0.29) is 0 Å². The number of carbonyl (C=O) groups is 1. The molecular formula is C16H31NO3. The second kappa shape index (κ2) is 8.63. The van der Waals surface area contributed by atoms with Crippen LogP contribution in [0.5, 0.6) is 0 Å². The number of rotatable bonds is 9. The van der Waals surface area contributed by atoms with Gasteiger partial charge in [-0.25, -0.2) is 0 Å². The van der Waals surface area contributed by atoms with Gasteiger partial charge in [-0.15, -0.1) is 0 Å². The number of carboxylic acid groups (broad SMARTS) is 1. The van der Waals surface area contributed by atoms with Crippen LogP contribution in [-0.2, 0) is 9.53 Å². The molecule has 0 amide bonds. The predicted octanol–water partition coefficient (Wildman–Crippen LogP) is 3.20. The van der Waals surface area contributed by atoms with Crippen molar-refractivity contribution in [2.45, 2.75) is 77.4 Å². The number of nitrogens with one attached hydrogen (secondary N) is 1. The molecule has 0 aromatic rings. The van der Waals surface area contributed by atoms with E-state index in [2.05, 4.69) is 12.2 Å². The number of aliphatic carboxylic acids is 1. The van der Waals surface area contributed by atoms with Crippen LogP contribution in [0, 0.1) is 5.92 Å². The van der Waals surface area contributed by atoms with Gasteiger partial charge in [-0.1, -0.05) is 33.1 Å². The fraction of sp³-hybridized carbons (Fsp3) is 0.938. The normalized spacial score (nSPS) is 26.1. The topological polar surface area (TPSA) is 58.6 Å². The highest BCUT2D eigenvalue weighted by atomic mass is 16.5. The third-order valence-corrected chi connectivity index (χ3v) is 4.53. The maximum absolute atomic E-state index is 11.3. The Bertz CT molecular complexity index is 295. The Morgan fingerprint density at radius 2 is 2.15 bits per heavy atom. The van der Waals surface area contributed by atoms with Gasteiger partial charge < -0.3 is 15.2 Å². The highest BCUT2D eigenvalue weighted by molar-refractivity contribution is 5.78. The van der Waals surface area contributed by atoms with Crippen molar-refractivity contribution in [3.8, 4) is 0 Å². The summed E-state index contributed by atoms with van der Waals surface area (Å²) in [5, 5.41) is 12.3. The van der Waals surface area contributed by atoms with Crippen molar-refractivity contribution in [2.75, 3.05) is 13.2 Å². The molecule has 0 radical (unpaired) electrons. The summed E-state index contributed by atoms with van der Waals surface area (Å²) in [6.45, 7) is 7.29. The zero-order chi connectivity index (χ0) is 15.0. The van der Waals surface area contributed by atoms with Gasteiger partial charge in [0.1, 0.15) is 5.54 Å². The Morgan fingerprint density at radius 3 is 2.75 bits per heavy atom. The number of likely N-dealkylation sites (N-methyl/N-ethyl adjacent to an activating group) is 1. The van der Waals surface area contributed by atoms with Crippen LogP contribution in [0.25, 0.3) is 0 Å². The minimum absolute atomic E-state index is 0.393. The van der Waals surface area contributed by atoms with Gasteiger partial charge >= 0.3 is 5.97 Å². The van der Waals surface area contributed by atoms with Crippen LogP contribution in [0.1, 0.15) is 65.7 Å². The van der Waals surface area contributed by atoms with Crippen molar-refractivity contribution in [2.24, 2.45) is 5.92 Å². The van der Waals surface area contributed by atoms with E-state index in [1.807, 2.05) is 6.92 Å². The van der Waals surface area contributed by atoms with Crippen LogP contribution in [0.15, 0.2) is 0 Å². The van der Waals surface area contributed by atoms with E-state index >= 15 is 0 Å². The van der Waals surface area contributed by atoms with Crippen molar-refractivity contribution in [1.29, 1.82) is 0 Å². The van der Waals surface area contributed by atoms with Gasteiger partial charge in [-0.3, -0.25) is 4.79 Å². The van der Waals surface area contributed by atoms with Gasteiger partial charge in [0.05, 0.1) is 6.10 Å². The molecule has 1 aliphatic carbocycles. The molecule has 0 aromatic heterocycles. The SMILES string of the molecule is CCNC(C)(CCCOC1CCCC(CC)C1)C(=O)O. The molecule has 0 aliphatic heterocycles. The summed E-state index contributed by atoms with van der Waals surface area (Å²) < 4.78 is 5.95. The van der Waals surface area contributed by atoms with E-state index in [1.54, 1.807) is 6.92 Å². The van der Waals surface area contributed by atoms with Gasteiger partial charge in [-0.05, 0) is 45.1 Å². The Hall–Kier alpha value is -0.610. The summed E-state index contributed by atoms with van der Waals surface area (Å²) in [6.07, 6.45) is 8.01. The highest BCUT2D eigenvalue weighted by Crippen LogP contribution is 2.28. The second-order valence-corrected chi connectivity index (χ2v) is 6.20. The number of ether oxygens (including phenoxy) is 1. The first kappa shape index (κ1) is 17.4. The summed E-state index contributed by atoms with van der Waals surface area (Å²) >= 11 is 0. The predicted molar refractivity (Wildman–Crippen MR) is 80.9 cm³/mol. The van der Waals surface area contributed by atoms with Crippen molar-refractivity contribution >= 4 is 5.97 Å². The zero-order valence-corrected chi connectivity index (χ0v) is 13.3. The minimum Gasteiger partial charge on any atom is -0.480 e. The lowest BCUT2D eigenvalue weighted by atomic mass is 9.85. The van der Waals surface area contributed by atoms with Crippen molar-refractivity contribution in [1.82, 2.24) is 5.32 Å². The molecule has 1 rings (SSSR count). The quantitative estimate of drug-likeness (QED) is 0.639. The van der Waals surface area contributed by atoms with E-state index in [1.165, 1.54) is 32.1 Å². The first-order chi connectivity index (χ1) is 9.51. The maximum Gasteiger partial charge on any atom is 0.323 e. The van der Waals surface area contributed by atoms with Crippen molar-refractivity contribution in [3.63, 3.8) is 0 Å². The first-order valence-electron chi connectivity index (χ1n) is 8.11. The molecule has 0 saturated heterocycles. The molecule has 0 spiro atoms. The molecule has 2 N–H and O–H groups in total. The largest absolute Gasteiger partial charge is 0.480 e.